The van der Waals surface area contributed by atoms with Crippen LogP contribution in [-0.2, 0) is 5.41 Å². The van der Waals surface area contributed by atoms with Crippen molar-refractivity contribution in [3.8, 4) is 6.07 Å². The monoisotopic (exact) mass is 228 g/mol. The summed E-state index contributed by atoms with van der Waals surface area (Å²) in [5.41, 5.74) is 7.71. The molecule has 1 aromatic rings. The molecule has 0 saturated heterocycles. The van der Waals surface area contributed by atoms with E-state index in [0.717, 1.165) is 24.1 Å². The van der Waals surface area contributed by atoms with Gasteiger partial charge in [0.25, 0.3) is 0 Å². The number of benzene rings is 1. The van der Waals surface area contributed by atoms with Crippen LogP contribution in [-0.4, -0.2) is 0 Å². The van der Waals surface area contributed by atoms with Gasteiger partial charge in [0.05, 0.1) is 11.5 Å². The summed E-state index contributed by atoms with van der Waals surface area (Å²) in [5, 5.41) is 9.50. The van der Waals surface area contributed by atoms with Gasteiger partial charge in [0.1, 0.15) is 0 Å². The molecule has 1 aliphatic carbocycles. The number of nitrogen functional groups attached to an aromatic ring is 1. The van der Waals surface area contributed by atoms with Crippen molar-refractivity contribution in [1.82, 2.24) is 0 Å². The minimum Gasteiger partial charge on any atom is -0.399 e. The van der Waals surface area contributed by atoms with Crippen LogP contribution in [0.5, 0.6) is 0 Å². The molecule has 0 unspecified atom stereocenters. The summed E-state index contributed by atoms with van der Waals surface area (Å²) in [4.78, 5) is 0. The van der Waals surface area contributed by atoms with Crippen LogP contribution >= 0.6 is 0 Å². The zero-order valence-corrected chi connectivity index (χ0v) is 10.7. The normalized spacial score (nSPS) is 20.3. The van der Waals surface area contributed by atoms with Gasteiger partial charge < -0.3 is 5.73 Å². The molecule has 1 saturated carbocycles. The van der Waals surface area contributed by atoms with Crippen molar-refractivity contribution in [2.45, 2.75) is 44.9 Å². The second-order valence-corrected chi connectivity index (χ2v) is 5.38. The van der Waals surface area contributed by atoms with Gasteiger partial charge in [0.15, 0.2) is 0 Å². The van der Waals surface area contributed by atoms with E-state index in [2.05, 4.69) is 19.9 Å². The Balaban J connectivity index is 2.26. The van der Waals surface area contributed by atoms with E-state index in [4.69, 9.17) is 5.73 Å². The van der Waals surface area contributed by atoms with Gasteiger partial charge >= 0.3 is 0 Å². The van der Waals surface area contributed by atoms with Crippen molar-refractivity contribution in [2.75, 3.05) is 5.73 Å². The fraction of sp³-hybridized carbons (Fsp3) is 0.533. The number of hydrogen-bond donors (Lipinski definition) is 1. The largest absolute Gasteiger partial charge is 0.399 e. The van der Waals surface area contributed by atoms with Crippen LogP contribution < -0.4 is 5.73 Å². The molecule has 0 spiro atoms. The lowest BCUT2D eigenvalue weighted by atomic mass is 9.49. The first-order chi connectivity index (χ1) is 8.10. The third-order valence-corrected chi connectivity index (χ3v) is 4.53. The lowest BCUT2D eigenvalue weighted by Gasteiger charge is -2.53. The number of anilines is 1. The van der Waals surface area contributed by atoms with Crippen molar-refractivity contribution in [3.63, 3.8) is 0 Å². The molecule has 2 rings (SSSR count). The highest BCUT2D eigenvalue weighted by atomic mass is 14.6. The van der Waals surface area contributed by atoms with Gasteiger partial charge in [-0.25, -0.2) is 0 Å². The third kappa shape index (κ3) is 1.80. The number of rotatable bonds is 3. The van der Waals surface area contributed by atoms with Crippen molar-refractivity contribution >= 4 is 5.69 Å². The molecule has 0 atom stereocenters. The Morgan fingerprint density at radius 2 is 1.71 bits per heavy atom. The van der Waals surface area contributed by atoms with E-state index in [0.29, 0.717) is 5.41 Å². The molecule has 0 aromatic heterocycles. The van der Waals surface area contributed by atoms with Gasteiger partial charge in [-0.3, -0.25) is 0 Å². The van der Waals surface area contributed by atoms with Crippen LogP contribution in [0.25, 0.3) is 0 Å². The van der Waals surface area contributed by atoms with E-state index in [1.165, 1.54) is 12.8 Å². The van der Waals surface area contributed by atoms with Gasteiger partial charge in [0.2, 0.25) is 0 Å². The third-order valence-electron chi connectivity index (χ3n) is 4.53. The highest BCUT2D eigenvalue weighted by molar-refractivity contribution is 5.45. The average Bonchev–Trinajstić information content (AvgIpc) is 2.32. The maximum absolute atomic E-state index is 9.50. The van der Waals surface area contributed by atoms with Crippen molar-refractivity contribution in [2.24, 2.45) is 5.41 Å². The van der Waals surface area contributed by atoms with Crippen LogP contribution in [0, 0.1) is 16.7 Å². The van der Waals surface area contributed by atoms with E-state index in [1.807, 2.05) is 24.3 Å². The molecule has 2 N–H and O–H groups in total. The Morgan fingerprint density at radius 3 is 2.12 bits per heavy atom. The molecule has 0 aliphatic heterocycles. The summed E-state index contributed by atoms with van der Waals surface area (Å²) < 4.78 is 0. The first kappa shape index (κ1) is 12.0. The van der Waals surface area contributed by atoms with Crippen LogP contribution in [0.1, 0.15) is 45.1 Å². The van der Waals surface area contributed by atoms with Crippen molar-refractivity contribution in [1.29, 1.82) is 5.26 Å². The molecular formula is C15H20N2. The Labute approximate surface area is 103 Å². The molecule has 90 valence electrons. The van der Waals surface area contributed by atoms with E-state index in [1.54, 1.807) is 0 Å². The molecule has 0 bridgehead atoms. The topological polar surface area (TPSA) is 49.8 Å². The Kier molecular flexibility index (Phi) is 2.87. The molecule has 0 radical (unpaired) electrons. The van der Waals surface area contributed by atoms with E-state index in [-0.39, 0.29) is 5.41 Å². The fourth-order valence-electron chi connectivity index (χ4n) is 3.13. The van der Waals surface area contributed by atoms with Gasteiger partial charge in [0, 0.05) is 5.69 Å². The predicted octanol–water partition coefficient (Wildman–Crippen LogP) is 3.63. The molecule has 2 nitrogen and oxygen atoms in total. The molecule has 17 heavy (non-hydrogen) atoms. The van der Waals surface area contributed by atoms with Crippen LogP contribution in [0.15, 0.2) is 24.3 Å². The molecule has 0 heterocycles. The summed E-state index contributed by atoms with van der Waals surface area (Å²) in [6.45, 7) is 4.46. The highest BCUT2D eigenvalue weighted by Gasteiger charge is 2.53. The molecule has 1 fully saturated rings. The standard InChI is InChI=1S/C15H20N2/c1-3-14(4-2)9-15(10-14,11-16)12-5-7-13(17)8-6-12/h5-8H,3-4,9-10,17H2,1-2H3. The predicted molar refractivity (Wildman–Crippen MR) is 70.4 cm³/mol. The Bertz CT molecular complexity index is 427. The van der Waals surface area contributed by atoms with Crippen molar-refractivity contribution < 1.29 is 0 Å². The van der Waals surface area contributed by atoms with E-state index < -0.39 is 0 Å². The van der Waals surface area contributed by atoms with Crippen LogP contribution in [0.3, 0.4) is 0 Å². The maximum Gasteiger partial charge on any atom is 0.0833 e. The summed E-state index contributed by atoms with van der Waals surface area (Å²) in [6, 6.07) is 10.3. The zero-order chi connectivity index (χ0) is 12.5. The van der Waals surface area contributed by atoms with Gasteiger partial charge in [-0.1, -0.05) is 38.8 Å². The minimum atomic E-state index is -0.264. The smallest absolute Gasteiger partial charge is 0.0833 e. The van der Waals surface area contributed by atoms with E-state index in [9.17, 15) is 5.26 Å². The fourth-order valence-corrected chi connectivity index (χ4v) is 3.13. The summed E-state index contributed by atoms with van der Waals surface area (Å²) in [6.07, 6.45) is 4.32. The van der Waals surface area contributed by atoms with Crippen molar-refractivity contribution in [3.05, 3.63) is 29.8 Å². The van der Waals surface area contributed by atoms with Gasteiger partial charge in [-0.2, -0.15) is 5.26 Å². The lowest BCUT2D eigenvalue weighted by Crippen LogP contribution is -2.48. The number of nitrogens with two attached hydrogens (primary N) is 1. The Morgan fingerprint density at radius 1 is 1.18 bits per heavy atom. The zero-order valence-electron chi connectivity index (χ0n) is 10.7. The number of hydrogen-bond acceptors (Lipinski definition) is 2. The average molecular weight is 228 g/mol. The van der Waals surface area contributed by atoms with Crippen LogP contribution in [0.4, 0.5) is 5.69 Å². The first-order valence-electron chi connectivity index (χ1n) is 6.37. The summed E-state index contributed by atoms with van der Waals surface area (Å²) >= 11 is 0. The molecule has 2 heteroatoms. The maximum atomic E-state index is 9.50. The number of nitrogens with zero attached hydrogens (tertiary/aromatic N) is 1. The van der Waals surface area contributed by atoms with E-state index >= 15 is 0 Å². The second-order valence-electron chi connectivity index (χ2n) is 5.38. The molecule has 1 aromatic carbocycles. The Hall–Kier alpha value is -1.49. The number of nitriles is 1. The molecule has 1 aliphatic rings. The summed E-state index contributed by atoms with van der Waals surface area (Å²) in [5.74, 6) is 0. The summed E-state index contributed by atoms with van der Waals surface area (Å²) in [7, 11) is 0. The second kappa shape index (κ2) is 4.07. The molecular weight excluding hydrogens is 208 g/mol. The first-order valence-corrected chi connectivity index (χ1v) is 6.37. The van der Waals surface area contributed by atoms with Gasteiger partial charge in [-0.05, 0) is 36.0 Å². The van der Waals surface area contributed by atoms with Gasteiger partial charge in [-0.15, -0.1) is 0 Å². The SMILES string of the molecule is CCC1(CC)CC(C#N)(c2ccc(N)cc2)C1. The quantitative estimate of drug-likeness (QED) is 0.803. The lowest BCUT2D eigenvalue weighted by molar-refractivity contribution is 0.0480. The van der Waals surface area contributed by atoms with Crippen LogP contribution in [0.2, 0.25) is 0 Å². The molecule has 0 amide bonds. The minimum absolute atomic E-state index is 0.264. The highest BCUT2D eigenvalue weighted by Crippen LogP contribution is 2.58.